The number of nitrogens with one attached hydrogen (secondary N) is 1. The van der Waals surface area contributed by atoms with Gasteiger partial charge in [0.1, 0.15) is 21.5 Å². The van der Waals surface area contributed by atoms with Crippen LogP contribution in [-0.4, -0.2) is 42.8 Å². The van der Waals surface area contributed by atoms with E-state index >= 15 is 0 Å². The summed E-state index contributed by atoms with van der Waals surface area (Å²) in [5, 5.41) is 12.1. The number of rotatable bonds is 7. The minimum absolute atomic E-state index is 0.0142. The fourth-order valence-electron chi connectivity index (χ4n) is 2.98. The molecule has 0 aliphatic carbocycles. The highest BCUT2D eigenvalue weighted by Gasteiger charge is 2.33. The molecule has 4 heterocycles. The summed E-state index contributed by atoms with van der Waals surface area (Å²) in [5.74, 6) is 0.683. The van der Waals surface area contributed by atoms with Crippen molar-refractivity contribution in [1.29, 1.82) is 0 Å². The molecule has 0 spiro atoms. The largest absolute Gasteiger partial charge is 0.467 e. The number of thiocarbonyl (C=S) groups is 1. The Kier molecular flexibility index (Phi) is 5.98. The van der Waals surface area contributed by atoms with Crippen molar-refractivity contribution in [2.75, 3.05) is 18.5 Å². The van der Waals surface area contributed by atoms with Crippen LogP contribution in [0.5, 0.6) is 0 Å². The number of aromatic nitrogens is 2. The summed E-state index contributed by atoms with van der Waals surface area (Å²) in [6.45, 7) is 0.679. The smallest absolute Gasteiger partial charge is 0.267 e. The molecule has 154 valence electrons. The molecular formula is C20H18N4O4S2. The first-order chi connectivity index (χ1) is 14.6. The van der Waals surface area contributed by atoms with Crippen LogP contribution in [0.25, 0.3) is 11.7 Å². The van der Waals surface area contributed by atoms with E-state index in [9.17, 15) is 9.59 Å². The zero-order chi connectivity index (χ0) is 21.1. The Bertz CT molecular complexity index is 1190. The van der Waals surface area contributed by atoms with E-state index < -0.39 is 0 Å². The van der Waals surface area contributed by atoms with E-state index in [1.165, 1.54) is 21.6 Å². The first-order valence-corrected chi connectivity index (χ1v) is 10.4. The van der Waals surface area contributed by atoms with Gasteiger partial charge < -0.3 is 14.8 Å². The van der Waals surface area contributed by atoms with Gasteiger partial charge in [0.25, 0.3) is 11.5 Å². The molecule has 0 unspecified atom stereocenters. The third kappa shape index (κ3) is 4.02. The van der Waals surface area contributed by atoms with Crippen molar-refractivity contribution in [2.24, 2.45) is 0 Å². The van der Waals surface area contributed by atoms with Gasteiger partial charge in [-0.2, -0.15) is 0 Å². The van der Waals surface area contributed by atoms with E-state index in [1.807, 2.05) is 0 Å². The van der Waals surface area contributed by atoms with Crippen LogP contribution in [0.15, 0.2) is 56.9 Å². The maximum Gasteiger partial charge on any atom is 0.267 e. The van der Waals surface area contributed by atoms with E-state index in [0.29, 0.717) is 39.4 Å². The van der Waals surface area contributed by atoms with Crippen LogP contribution in [0, 0.1) is 0 Å². The zero-order valence-corrected chi connectivity index (χ0v) is 17.4. The van der Waals surface area contributed by atoms with Gasteiger partial charge in [0.15, 0.2) is 0 Å². The number of aliphatic hydroxyl groups excluding tert-OH is 1. The van der Waals surface area contributed by atoms with Gasteiger partial charge in [-0.3, -0.25) is 18.9 Å². The van der Waals surface area contributed by atoms with E-state index in [-0.39, 0.29) is 30.2 Å². The number of nitrogens with zero attached hydrogens (tertiary/aromatic N) is 3. The first kappa shape index (κ1) is 20.3. The van der Waals surface area contributed by atoms with E-state index in [2.05, 4.69) is 10.3 Å². The fraction of sp³-hybridized carbons (Fsp3) is 0.200. The summed E-state index contributed by atoms with van der Waals surface area (Å²) in [6.07, 6.45) is 5.19. The van der Waals surface area contributed by atoms with Gasteiger partial charge in [0, 0.05) is 19.3 Å². The molecule has 1 aliphatic rings. The number of fused-ring (bicyclic) bond motifs is 1. The van der Waals surface area contributed by atoms with Gasteiger partial charge in [-0.1, -0.05) is 30.0 Å². The second kappa shape index (κ2) is 8.82. The topological polar surface area (TPSA) is 100 Å². The van der Waals surface area contributed by atoms with Gasteiger partial charge in [-0.25, -0.2) is 4.98 Å². The SMILES string of the molecule is O=C1/C(=C/c2c(NCCCO)nc3ccccn3c2=O)SC(=S)N1Cc1ccco1. The fourth-order valence-corrected chi connectivity index (χ4v) is 4.22. The summed E-state index contributed by atoms with van der Waals surface area (Å²) in [6, 6.07) is 8.77. The molecule has 2 N–H and O–H groups in total. The van der Waals surface area contributed by atoms with Crippen LogP contribution in [0.1, 0.15) is 17.7 Å². The summed E-state index contributed by atoms with van der Waals surface area (Å²) in [7, 11) is 0. The molecule has 10 heteroatoms. The summed E-state index contributed by atoms with van der Waals surface area (Å²) in [5.41, 5.74) is 0.440. The molecule has 1 fully saturated rings. The Hall–Kier alpha value is -2.95. The van der Waals surface area contributed by atoms with Gasteiger partial charge in [0.2, 0.25) is 0 Å². The van der Waals surface area contributed by atoms with Gasteiger partial charge >= 0.3 is 0 Å². The van der Waals surface area contributed by atoms with Crippen molar-refractivity contribution in [3.8, 4) is 0 Å². The number of amides is 1. The second-order valence-corrected chi connectivity index (χ2v) is 8.13. The number of anilines is 1. The lowest BCUT2D eigenvalue weighted by Gasteiger charge is -2.12. The molecule has 4 rings (SSSR count). The van der Waals surface area contributed by atoms with Crippen molar-refractivity contribution < 1.29 is 14.3 Å². The molecule has 0 radical (unpaired) electrons. The van der Waals surface area contributed by atoms with Crippen LogP contribution in [-0.2, 0) is 11.3 Å². The minimum Gasteiger partial charge on any atom is -0.467 e. The first-order valence-electron chi connectivity index (χ1n) is 9.22. The lowest BCUT2D eigenvalue weighted by molar-refractivity contribution is -0.122. The molecule has 0 atom stereocenters. The van der Waals surface area contributed by atoms with E-state index in [1.54, 1.807) is 36.5 Å². The quantitative estimate of drug-likeness (QED) is 0.327. The number of aliphatic hydroxyl groups is 1. The highest BCUT2D eigenvalue weighted by molar-refractivity contribution is 8.26. The van der Waals surface area contributed by atoms with Crippen LogP contribution in [0.2, 0.25) is 0 Å². The van der Waals surface area contributed by atoms with Crippen LogP contribution >= 0.6 is 24.0 Å². The number of hydrogen-bond acceptors (Lipinski definition) is 8. The highest BCUT2D eigenvalue weighted by atomic mass is 32.2. The Balaban J connectivity index is 1.72. The number of hydrogen-bond donors (Lipinski definition) is 2. The van der Waals surface area contributed by atoms with Crippen LogP contribution in [0.3, 0.4) is 0 Å². The highest BCUT2D eigenvalue weighted by Crippen LogP contribution is 2.34. The van der Waals surface area contributed by atoms with Crippen molar-refractivity contribution >= 4 is 51.7 Å². The molecule has 0 bridgehead atoms. The summed E-state index contributed by atoms with van der Waals surface area (Å²) >= 11 is 6.49. The van der Waals surface area contributed by atoms with E-state index in [0.717, 1.165) is 11.8 Å². The lowest BCUT2D eigenvalue weighted by atomic mass is 10.2. The number of furan rings is 1. The molecular weight excluding hydrogens is 424 g/mol. The zero-order valence-electron chi connectivity index (χ0n) is 15.8. The van der Waals surface area contributed by atoms with Crippen LogP contribution in [0.4, 0.5) is 5.82 Å². The van der Waals surface area contributed by atoms with Gasteiger partial charge in [-0.15, -0.1) is 0 Å². The normalized spacial score (nSPS) is 15.5. The number of thioether (sulfide) groups is 1. The maximum atomic E-state index is 13.1. The average Bonchev–Trinajstić information content (AvgIpc) is 3.35. The Morgan fingerprint density at radius 1 is 1.27 bits per heavy atom. The average molecular weight is 443 g/mol. The van der Waals surface area contributed by atoms with Crippen LogP contribution < -0.4 is 10.9 Å². The number of carbonyl (C=O) groups excluding carboxylic acids is 1. The molecule has 3 aromatic rings. The monoisotopic (exact) mass is 442 g/mol. The molecule has 1 aliphatic heterocycles. The standard InChI is InChI=1S/C20H18N4O4S2/c25-9-4-7-21-17-14(18(26)23-8-2-1-6-16(23)22-17)11-15-19(27)24(20(29)30-15)12-13-5-3-10-28-13/h1-3,5-6,8,10-11,21,25H,4,7,9,12H2/b15-11-. The molecule has 1 amide bonds. The number of pyridine rings is 1. The molecule has 1 saturated heterocycles. The van der Waals surface area contributed by atoms with Gasteiger partial charge in [0.05, 0.1) is 23.3 Å². The Morgan fingerprint density at radius 2 is 2.13 bits per heavy atom. The number of carbonyl (C=O) groups is 1. The Morgan fingerprint density at radius 3 is 2.90 bits per heavy atom. The molecule has 8 nitrogen and oxygen atoms in total. The molecule has 3 aromatic heterocycles. The maximum absolute atomic E-state index is 13.1. The molecule has 0 saturated carbocycles. The van der Waals surface area contributed by atoms with E-state index in [4.69, 9.17) is 21.7 Å². The predicted molar refractivity (Wildman–Crippen MR) is 119 cm³/mol. The van der Waals surface area contributed by atoms with Crippen molar-refractivity contribution in [3.05, 3.63) is 69.4 Å². The third-order valence-electron chi connectivity index (χ3n) is 4.44. The van der Waals surface area contributed by atoms with Crippen molar-refractivity contribution in [3.63, 3.8) is 0 Å². The molecule has 30 heavy (non-hydrogen) atoms. The predicted octanol–water partition coefficient (Wildman–Crippen LogP) is 2.48. The Labute approximate surface area is 181 Å². The van der Waals surface area contributed by atoms with Crippen molar-refractivity contribution in [2.45, 2.75) is 13.0 Å². The molecule has 0 aromatic carbocycles. The second-order valence-electron chi connectivity index (χ2n) is 6.46. The van der Waals surface area contributed by atoms with Crippen molar-refractivity contribution in [1.82, 2.24) is 14.3 Å². The van der Waals surface area contributed by atoms with Gasteiger partial charge in [-0.05, 0) is 36.8 Å². The minimum atomic E-state index is -0.302. The summed E-state index contributed by atoms with van der Waals surface area (Å²) < 4.78 is 7.13. The summed E-state index contributed by atoms with van der Waals surface area (Å²) in [4.78, 5) is 32.3. The lowest BCUT2D eigenvalue weighted by Crippen LogP contribution is -2.27. The third-order valence-corrected chi connectivity index (χ3v) is 5.82.